The predicted molar refractivity (Wildman–Crippen MR) is 70.9 cm³/mol. The van der Waals surface area contributed by atoms with E-state index in [0.29, 0.717) is 12.3 Å². The summed E-state index contributed by atoms with van der Waals surface area (Å²) >= 11 is 0. The first kappa shape index (κ1) is 14.1. The van der Waals surface area contributed by atoms with E-state index in [-0.39, 0.29) is 0 Å². The summed E-state index contributed by atoms with van der Waals surface area (Å²) in [5.74, 6) is 0.640. The average Bonchev–Trinajstić information content (AvgIpc) is 2.25. The maximum Gasteiger partial charge on any atom is 0.0895 e. The molecular weight excluding hydrogens is 212 g/mol. The minimum atomic E-state index is -0.801. The van der Waals surface area contributed by atoms with E-state index in [1.165, 1.54) is 0 Å². The van der Waals surface area contributed by atoms with Crippen LogP contribution >= 0.6 is 0 Å². The Labute approximate surface area is 104 Å². The lowest BCUT2D eigenvalue weighted by atomic mass is 9.94. The van der Waals surface area contributed by atoms with Crippen LogP contribution in [0.2, 0.25) is 0 Å². The second-order valence-corrected chi connectivity index (χ2v) is 5.31. The SMILES string of the molecule is Cc1ccc(C(C)(O)CCNCC(C)C)cn1. The molecule has 0 amide bonds. The van der Waals surface area contributed by atoms with Crippen molar-refractivity contribution in [3.63, 3.8) is 0 Å². The number of nitrogens with zero attached hydrogens (tertiary/aromatic N) is 1. The van der Waals surface area contributed by atoms with Gasteiger partial charge in [-0.2, -0.15) is 0 Å². The van der Waals surface area contributed by atoms with Crippen LogP contribution in [0.3, 0.4) is 0 Å². The summed E-state index contributed by atoms with van der Waals surface area (Å²) in [7, 11) is 0. The Morgan fingerprint density at radius 1 is 1.41 bits per heavy atom. The Bertz CT molecular complexity index is 331. The molecule has 1 unspecified atom stereocenters. The van der Waals surface area contributed by atoms with Gasteiger partial charge in [-0.15, -0.1) is 0 Å². The summed E-state index contributed by atoms with van der Waals surface area (Å²) in [6.45, 7) is 9.95. The van der Waals surface area contributed by atoms with Crippen LogP contribution in [0.15, 0.2) is 18.3 Å². The van der Waals surface area contributed by atoms with Gasteiger partial charge in [0.05, 0.1) is 5.60 Å². The van der Waals surface area contributed by atoms with E-state index in [4.69, 9.17) is 0 Å². The van der Waals surface area contributed by atoms with Crippen LogP contribution in [-0.2, 0) is 5.60 Å². The normalized spacial score (nSPS) is 14.9. The first-order chi connectivity index (χ1) is 7.92. The summed E-state index contributed by atoms with van der Waals surface area (Å²) in [4.78, 5) is 4.22. The minimum Gasteiger partial charge on any atom is -0.385 e. The van der Waals surface area contributed by atoms with E-state index in [2.05, 4.69) is 24.1 Å². The monoisotopic (exact) mass is 236 g/mol. The average molecular weight is 236 g/mol. The Kier molecular flexibility index (Phi) is 5.09. The molecule has 3 heteroatoms. The van der Waals surface area contributed by atoms with Crippen molar-refractivity contribution < 1.29 is 5.11 Å². The van der Waals surface area contributed by atoms with Crippen molar-refractivity contribution in [2.75, 3.05) is 13.1 Å². The number of rotatable bonds is 6. The predicted octanol–water partition coefficient (Wildman–Crippen LogP) is 2.23. The molecule has 1 aromatic rings. The first-order valence-corrected chi connectivity index (χ1v) is 6.28. The summed E-state index contributed by atoms with van der Waals surface area (Å²) in [6, 6.07) is 3.89. The highest BCUT2D eigenvalue weighted by atomic mass is 16.3. The van der Waals surface area contributed by atoms with E-state index in [9.17, 15) is 5.11 Å². The van der Waals surface area contributed by atoms with Crippen molar-refractivity contribution in [3.05, 3.63) is 29.6 Å². The zero-order chi connectivity index (χ0) is 12.9. The molecule has 0 saturated carbocycles. The first-order valence-electron chi connectivity index (χ1n) is 6.28. The molecule has 0 aliphatic rings. The summed E-state index contributed by atoms with van der Waals surface area (Å²) in [5.41, 5.74) is 1.06. The van der Waals surface area contributed by atoms with Crippen molar-refractivity contribution in [1.29, 1.82) is 0 Å². The molecule has 0 aliphatic carbocycles. The standard InChI is InChI=1S/C14H24N2O/c1-11(2)9-15-8-7-14(4,17)13-6-5-12(3)16-10-13/h5-6,10-11,15,17H,7-9H2,1-4H3. The molecule has 0 fully saturated rings. The summed E-state index contributed by atoms with van der Waals surface area (Å²) in [5, 5.41) is 13.7. The van der Waals surface area contributed by atoms with Gasteiger partial charge in [-0.05, 0) is 45.3 Å². The van der Waals surface area contributed by atoms with Crippen molar-refractivity contribution in [1.82, 2.24) is 10.3 Å². The highest BCUT2D eigenvalue weighted by Crippen LogP contribution is 2.23. The van der Waals surface area contributed by atoms with Crippen molar-refractivity contribution in [3.8, 4) is 0 Å². The largest absolute Gasteiger partial charge is 0.385 e. The second-order valence-electron chi connectivity index (χ2n) is 5.31. The minimum absolute atomic E-state index is 0.640. The topological polar surface area (TPSA) is 45.1 Å². The Morgan fingerprint density at radius 3 is 2.65 bits per heavy atom. The number of aromatic nitrogens is 1. The molecule has 0 radical (unpaired) electrons. The number of pyridine rings is 1. The maximum absolute atomic E-state index is 10.4. The van der Waals surface area contributed by atoms with Crippen LogP contribution in [0.5, 0.6) is 0 Å². The third kappa shape index (κ3) is 4.84. The number of hydrogen-bond acceptors (Lipinski definition) is 3. The van der Waals surface area contributed by atoms with Gasteiger partial charge in [0.25, 0.3) is 0 Å². The van der Waals surface area contributed by atoms with Crippen LogP contribution in [0.1, 0.15) is 38.4 Å². The lowest BCUT2D eigenvalue weighted by Crippen LogP contribution is -2.29. The van der Waals surface area contributed by atoms with Gasteiger partial charge in [0.15, 0.2) is 0 Å². The molecule has 0 saturated heterocycles. The molecule has 17 heavy (non-hydrogen) atoms. The molecule has 0 spiro atoms. The van der Waals surface area contributed by atoms with Gasteiger partial charge >= 0.3 is 0 Å². The van der Waals surface area contributed by atoms with E-state index in [1.807, 2.05) is 26.0 Å². The van der Waals surface area contributed by atoms with E-state index >= 15 is 0 Å². The third-order valence-electron chi connectivity index (χ3n) is 2.87. The molecule has 1 heterocycles. The van der Waals surface area contributed by atoms with Crippen molar-refractivity contribution >= 4 is 0 Å². The highest BCUT2D eigenvalue weighted by molar-refractivity contribution is 5.19. The van der Waals surface area contributed by atoms with Gasteiger partial charge in [0.1, 0.15) is 0 Å². The van der Waals surface area contributed by atoms with Gasteiger partial charge in [-0.3, -0.25) is 4.98 Å². The molecule has 1 atom stereocenters. The molecule has 1 rings (SSSR count). The smallest absolute Gasteiger partial charge is 0.0895 e. The quantitative estimate of drug-likeness (QED) is 0.745. The van der Waals surface area contributed by atoms with Crippen LogP contribution in [0.25, 0.3) is 0 Å². The fraction of sp³-hybridized carbons (Fsp3) is 0.643. The molecule has 3 nitrogen and oxygen atoms in total. The summed E-state index contributed by atoms with van der Waals surface area (Å²) < 4.78 is 0. The van der Waals surface area contributed by atoms with Gasteiger partial charge < -0.3 is 10.4 Å². The molecule has 2 N–H and O–H groups in total. The van der Waals surface area contributed by atoms with Crippen LogP contribution in [0.4, 0.5) is 0 Å². The zero-order valence-electron chi connectivity index (χ0n) is 11.3. The van der Waals surface area contributed by atoms with Crippen LogP contribution in [0, 0.1) is 12.8 Å². The van der Waals surface area contributed by atoms with E-state index in [0.717, 1.165) is 24.3 Å². The highest BCUT2D eigenvalue weighted by Gasteiger charge is 2.22. The summed E-state index contributed by atoms with van der Waals surface area (Å²) in [6.07, 6.45) is 2.46. The Hall–Kier alpha value is -0.930. The fourth-order valence-corrected chi connectivity index (χ4v) is 1.65. The number of aliphatic hydroxyl groups is 1. The second kappa shape index (κ2) is 6.12. The maximum atomic E-state index is 10.4. The van der Waals surface area contributed by atoms with Crippen molar-refractivity contribution in [2.24, 2.45) is 5.92 Å². The number of hydrogen-bond donors (Lipinski definition) is 2. The molecule has 0 aliphatic heterocycles. The molecule has 0 bridgehead atoms. The fourth-order valence-electron chi connectivity index (χ4n) is 1.65. The molecule has 96 valence electrons. The van der Waals surface area contributed by atoms with Crippen LogP contribution in [-0.4, -0.2) is 23.2 Å². The van der Waals surface area contributed by atoms with Crippen molar-refractivity contribution in [2.45, 2.75) is 39.7 Å². The van der Waals surface area contributed by atoms with Gasteiger partial charge in [0, 0.05) is 17.5 Å². The Morgan fingerprint density at radius 2 is 2.12 bits per heavy atom. The Balaban J connectivity index is 2.47. The van der Waals surface area contributed by atoms with Gasteiger partial charge in [-0.1, -0.05) is 19.9 Å². The lowest BCUT2D eigenvalue weighted by Gasteiger charge is -2.24. The molecule has 0 aromatic carbocycles. The van der Waals surface area contributed by atoms with Crippen LogP contribution < -0.4 is 5.32 Å². The van der Waals surface area contributed by atoms with Gasteiger partial charge in [-0.25, -0.2) is 0 Å². The zero-order valence-corrected chi connectivity index (χ0v) is 11.3. The van der Waals surface area contributed by atoms with Gasteiger partial charge in [0.2, 0.25) is 0 Å². The van der Waals surface area contributed by atoms with E-state index in [1.54, 1.807) is 6.20 Å². The molecular formula is C14H24N2O. The van der Waals surface area contributed by atoms with E-state index < -0.39 is 5.60 Å². The number of nitrogens with one attached hydrogen (secondary N) is 1. The number of aryl methyl sites for hydroxylation is 1. The lowest BCUT2D eigenvalue weighted by molar-refractivity contribution is 0.0475. The molecule has 1 aromatic heterocycles. The third-order valence-corrected chi connectivity index (χ3v) is 2.87.